The smallest absolute Gasteiger partial charge is 0.269 e. The second-order valence-electron chi connectivity index (χ2n) is 6.65. The number of nitrogens with zero attached hydrogens (tertiary/aromatic N) is 1. The Morgan fingerprint density at radius 3 is 2.34 bits per heavy atom. The summed E-state index contributed by atoms with van der Waals surface area (Å²) in [5.74, 6) is -0.0821. The number of aliphatic hydroxyl groups is 1. The van der Waals surface area contributed by atoms with Crippen molar-refractivity contribution in [3.63, 3.8) is 0 Å². The Balaban J connectivity index is 1.99. The summed E-state index contributed by atoms with van der Waals surface area (Å²) in [6.07, 6.45) is 0.0472. The van der Waals surface area contributed by atoms with Crippen molar-refractivity contribution in [2.45, 2.75) is 23.8 Å². The van der Waals surface area contributed by atoms with Gasteiger partial charge in [-0.3, -0.25) is 10.1 Å². The first kappa shape index (κ1) is 22.5. The van der Waals surface area contributed by atoms with Crippen LogP contribution in [0.3, 0.4) is 0 Å². The highest BCUT2D eigenvalue weighted by Crippen LogP contribution is 2.20. The average Bonchev–Trinajstić information content (AvgIpc) is 2.72. The molecule has 0 amide bonds. The van der Waals surface area contributed by atoms with Gasteiger partial charge in [0.15, 0.2) is 0 Å². The van der Waals surface area contributed by atoms with E-state index in [1.165, 1.54) is 0 Å². The zero-order valence-corrected chi connectivity index (χ0v) is 16.9. The summed E-state index contributed by atoms with van der Waals surface area (Å²) < 4.78 is 27.1. The maximum atomic E-state index is 12.4. The molecule has 0 heterocycles. The molecule has 156 valence electrons. The first-order valence-corrected chi connectivity index (χ1v) is 10.5. The zero-order valence-electron chi connectivity index (χ0n) is 16.1. The van der Waals surface area contributed by atoms with Gasteiger partial charge in [-0.25, -0.2) is 13.1 Å². The minimum atomic E-state index is -3.89. The van der Waals surface area contributed by atoms with Crippen LogP contribution in [0.1, 0.15) is 12.0 Å². The van der Waals surface area contributed by atoms with Gasteiger partial charge in [-0.05, 0) is 30.5 Å². The lowest BCUT2D eigenvalue weighted by Crippen LogP contribution is -2.34. The summed E-state index contributed by atoms with van der Waals surface area (Å²) in [5, 5.41) is 24.1. The number of non-ortho nitro benzene ring substituents is 1. The molecule has 9 heteroatoms. The van der Waals surface area contributed by atoms with E-state index in [-0.39, 0.29) is 23.0 Å². The number of benzene rings is 2. The summed E-state index contributed by atoms with van der Waals surface area (Å²) in [7, 11) is -2.13. The van der Waals surface area contributed by atoms with E-state index >= 15 is 0 Å². The van der Waals surface area contributed by atoms with Gasteiger partial charge in [-0.1, -0.05) is 36.9 Å². The number of nitro benzene ring substituents is 1. The Labute approximate surface area is 170 Å². The molecule has 2 atom stereocenters. The number of aliphatic hydroxyl groups excluding tert-OH is 1. The van der Waals surface area contributed by atoms with Crippen LogP contribution in [-0.4, -0.2) is 38.1 Å². The second-order valence-corrected chi connectivity index (χ2v) is 8.42. The third-order valence-corrected chi connectivity index (χ3v) is 6.00. The van der Waals surface area contributed by atoms with Crippen LogP contribution in [0.2, 0.25) is 0 Å². The molecule has 0 radical (unpaired) electrons. The minimum absolute atomic E-state index is 0.0821. The van der Waals surface area contributed by atoms with Crippen molar-refractivity contribution in [3.8, 4) is 0 Å². The van der Waals surface area contributed by atoms with Crippen molar-refractivity contribution in [3.05, 3.63) is 82.6 Å². The van der Waals surface area contributed by atoms with Crippen molar-refractivity contribution < 1.29 is 18.4 Å². The molecule has 2 rings (SSSR count). The first-order valence-electron chi connectivity index (χ1n) is 9.05. The lowest BCUT2D eigenvalue weighted by atomic mass is 9.91. The Hall–Kier alpha value is -2.75. The number of hydrogen-bond donors (Lipinski definition) is 3. The highest BCUT2D eigenvalue weighted by atomic mass is 32.2. The molecule has 2 aromatic carbocycles. The Morgan fingerprint density at radius 2 is 1.79 bits per heavy atom. The highest BCUT2D eigenvalue weighted by molar-refractivity contribution is 7.89. The molecule has 0 bridgehead atoms. The van der Waals surface area contributed by atoms with E-state index in [1.54, 1.807) is 7.05 Å². The fourth-order valence-corrected chi connectivity index (χ4v) is 3.97. The highest BCUT2D eigenvalue weighted by Gasteiger charge is 2.21. The number of rotatable bonds is 11. The molecule has 0 spiro atoms. The topological polar surface area (TPSA) is 122 Å². The second kappa shape index (κ2) is 10.1. The van der Waals surface area contributed by atoms with Gasteiger partial charge in [0.05, 0.1) is 15.9 Å². The maximum Gasteiger partial charge on any atom is 0.269 e. The van der Waals surface area contributed by atoms with Gasteiger partial charge in [-0.2, -0.15) is 0 Å². The zero-order chi connectivity index (χ0) is 21.4. The van der Waals surface area contributed by atoms with E-state index in [1.807, 2.05) is 30.3 Å². The third kappa shape index (κ3) is 6.67. The van der Waals surface area contributed by atoms with Crippen LogP contribution in [0.25, 0.3) is 0 Å². The SMILES string of the molecule is C=C(NC)[C@H](Cc1ccccc1)C[C@H](O)CNS(=O)(=O)c1ccc([N+](=O)[O-])cc1. The summed E-state index contributed by atoms with van der Waals surface area (Å²) in [6, 6.07) is 14.3. The summed E-state index contributed by atoms with van der Waals surface area (Å²) in [6.45, 7) is 3.81. The number of sulfonamides is 1. The van der Waals surface area contributed by atoms with Crippen molar-refractivity contribution in [2.24, 2.45) is 5.92 Å². The first-order chi connectivity index (χ1) is 13.7. The van der Waals surface area contributed by atoms with Crippen molar-refractivity contribution in [1.29, 1.82) is 0 Å². The molecule has 0 unspecified atom stereocenters. The summed E-state index contributed by atoms with van der Waals surface area (Å²) in [4.78, 5) is 9.98. The molecule has 0 aliphatic rings. The number of hydrogen-bond acceptors (Lipinski definition) is 6. The van der Waals surface area contributed by atoms with Gasteiger partial charge in [0.25, 0.3) is 5.69 Å². The Morgan fingerprint density at radius 1 is 1.17 bits per heavy atom. The number of nitrogens with one attached hydrogen (secondary N) is 2. The molecule has 8 nitrogen and oxygen atoms in total. The molecule has 0 aliphatic heterocycles. The van der Waals surface area contributed by atoms with Crippen LogP contribution in [0.15, 0.2) is 71.8 Å². The monoisotopic (exact) mass is 419 g/mol. The van der Waals surface area contributed by atoms with Crippen LogP contribution in [0.5, 0.6) is 0 Å². The van der Waals surface area contributed by atoms with Crippen LogP contribution in [-0.2, 0) is 16.4 Å². The molecule has 0 saturated heterocycles. The van der Waals surface area contributed by atoms with Gasteiger partial charge in [-0.15, -0.1) is 0 Å². The number of nitro groups is 1. The van der Waals surface area contributed by atoms with Gasteiger partial charge in [0.1, 0.15) is 0 Å². The molecular weight excluding hydrogens is 394 g/mol. The minimum Gasteiger partial charge on any atom is -0.392 e. The largest absolute Gasteiger partial charge is 0.392 e. The van der Waals surface area contributed by atoms with Crippen molar-refractivity contribution in [2.75, 3.05) is 13.6 Å². The molecule has 2 aromatic rings. The summed E-state index contributed by atoms with van der Waals surface area (Å²) in [5.41, 5.74) is 1.65. The molecular formula is C20H25N3O5S. The summed E-state index contributed by atoms with van der Waals surface area (Å²) >= 11 is 0. The van der Waals surface area contributed by atoms with E-state index in [9.17, 15) is 23.6 Å². The van der Waals surface area contributed by atoms with Crippen molar-refractivity contribution in [1.82, 2.24) is 10.0 Å². The van der Waals surface area contributed by atoms with E-state index in [0.717, 1.165) is 35.5 Å². The third-order valence-electron chi connectivity index (χ3n) is 4.56. The molecule has 0 fully saturated rings. The van der Waals surface area contributed by atoms with Crippen LogP contribution >= 0.6 is 0 Å². The van der Waals surface area contributed by atoms with Crippen LogP contribution < -0.4 is 10.0 Å². The molecule has 0 saturated carbocycles. The lowest BCUT2D eigenvalue weighted by molar-refractivity contribution is -0.384. The molecule has 3 N–H and O–H groups in total. The quantitative estimate of drug-likeness (QED) is 0.379. The van der Waals surface area contributed by atoms with E-state index < -0.39 is 21.1 Å². The standard InChI is InChI=1S/C20H25N3O5S/c1-15(21-2)17(12-16-6-4-3-5-7-16)13-19(24)14-22-29(27,28)20-10-8-18(9-11-20)23(25)26/h3-11,17,19,21-22,24H,1,12-14H2,2H3/t17-,19+/m1/s1. The van der Waals surface area contributed by atoms with Gasteiger partial charge in [0.2, 0.25) is 10.0 Å². The fourth-order valence-electron chi connectivity index (χ4n) is 2.90. The lowest BCUT2D eigenvalue weighted by Gasteiger charge is -2.23. The normalized spacial score (nSPS) is 13.4. The van der Waals surface area contributed by atoms with Gasteiger partial charge < -0.3 is 10.4 Å². The van der Waals surface area contributed by atoms with E-state index in [2.05, 4.69) is 16.6 Å². The van der Waals surface area contributed by atoms with Gasteiger partial charge in [0, 0.05) is 37.3 Å². The van der Waals surface area contributed by atoms with Crippen LogP contribution in [0.4, 0.5) is 5.69 Å². The van der Waals surface area contributed by atoms with Crippen molar-refractivity contribution >= 4 is 15.7 Å². The predicted molar refractivity (Wildman–Crippen MR) is 111 cm³/mol. The maximum absolute atomic E-state index is 12.4. The van der Waals surface area contributed by atoms with E-state index in [4.69, 9.17) is 0 Å². The predicted octanol–water partition coefficient (Wildman–Crippen LogP) is 2.22. The molecule has 0 aliphatic carbocycles. The molecule has 0 aromatic heterocycles. The fraction of sp³-hybridized carbons (Fsp3) is 0.300. The van der Waals surface area contributed by atoms with Crippen LogP contribution in [0, 0.1) is 16.0 Å². The molecule has 29 heavy (non-hydrogen) atoms. The Bertz CT molecular complexity index is 930. The Kier molecular flexibility index (Phi) is 7.89. The average molecular weight is 420 g/mol. The number of allylic oxidation sites excluding steroid dienone is 1. The van der Waals surface area contributed by atoms with E-state index in [0.29, 0.717) is 12.8 Å². The van der Waals surface area contributed by atoms with Gasteiger partial charge >= 0.3 is 0 Å².